The van der Waals surface area contributed by atoms with E-state index in [1.165, 1.54) is 4.90 Å². The number of aromatic nitrogens is 1. The molecule has 2 amide bonds. The molecule has 2 heterocycles. The van der Waals surface area contributed by atoms with Crippen molar-refractivity contribution in [3.8, 4) is 5.75 Å². The summed E-state index contributed by atoms with van der Waals surface area (Å²) in [6, 6.07) is 14.8. The summed E-state index contributed by atoms with van der Waals surface area (Å²) in [5.41, 5.74) is 3.32. The molecule has 1 atom stereocenters. The topological polar surface area (TPSA) is 76.0 Å². The van der Waals surface area contributed by atoms with Gasteiger partial charge in [0.25, 0.3) is 5.91 Å². The number of nitrogens with zero attached hydrogens (tertiary/aromatic N) is 3. The molecule has 3 aromatic rings. The van der Waals surface area contributed by atoms with Crippen molar-refractivity contribution in [3.05, 3.63) is 65.4 Å². The molecule has 0 saturated carbocycles. The fraction of sp³-hybridized carbons (Fsp3) is 0.429. The van der Waals surface area contributed by atoms with E-state index >= 15 is 0 Å². The molecule has 2 aromatic carbocycles. The number of hydrogen-bond acceptors (Lipinski definition) is 5. The molecule has 0 spiro atoms. The van der Waals surface area contributed by atoms with E-state index in [-0.39, 0.29) is 11.8 Å². The molecule has 1 fully saturated rings. The Balaban J connectivity index is 1.67. The second-order valence-electron chi connectivity index (χ2n) is 9.37. The Morgan fingerprint density at radius 2 is 1.78 bits per heavy atom. The Morgan fingerprint density at radius 3 is 2.44 bits per heavy atom. The predicted octanol–water partition coefficient (Wildman–Crippen LogP) is 2.72. The van der Waals surface area contributed by atoms with Crippen molar-refractivity contribution in [2.45, 2.75) is 25.9 Å². The molecule has 0 radical (unpaired) electrons. The molecular formula is C28H36N4O4. The number of carbonyl (C=O) groups excluding carboxylic acids is 2. The van der Waals surface area contributed by atoms with E-state index in [4.69, 9.17) is 9.47 Å². The van der Waals surface area contributed by atoms with Crippen molar-refractivity contribution in [2.24, 2.45) is 0 Å². The zero-order valence-electron chi connectivity index (χ0n) is 21.6. The number of ether oxygens (including phenoxy) is 2. The Hall–Kier alpha value is -3.36. The molecule has 1 saturated heterocycles. The summed E-state index contributed by atoms with van der Waals surface area (Å²) in [5, 5.41) is 3.86. The number of nitrogens with one attached hydrogen (secondary N) is 1. The largest absolute Gasteiger partial charge is 0.495 e. The SMILES string of the molecule is COc1cccc2c(C(=O)N[C@@H](Cc3ccccc3)C(=O)N(C)C)c(C)n(CCN3CCOCC3)c12. The van der Waals surface area contributed by atoms with Gasteiger partial charge in [0.1, 0.15) is 11.8 Å². The van der Waals surface area contributed by atoms with E-state index in [0.717, 1.165) is 67.3 Å². The minimum atomic E-state index is -0.674. The number of carbonyl (C=O) groups is 2. The molecule has 36 heavy (non-hydrogen) atoms. The maximum absolute atomic E-state index is 13.8. The Bertz CT molecular complexity index is 1200. The molecule has 8 heteroatoms. The highest BCUT2D eigenvalue weighted by Crippen LogP contribution is 2.33. The van der Waals surface area contributed by atoms with Gasteiger partial charge in [-0.15, -0.1) is 0 Å². The van der Waals surface area contributed by atoms with E-state index in [2.05, 4.69) is 14.8 Å². The predicted molar refractivity (Wildman–Crippen MR) is 141 cm³/mol. The smallest absolute Gasteiger partial charge is 0.254 e. The van der Waals surface area contributed by atoms with Crippen LogP contribution in [0, 0.1) is 6.92 Å². The Morgan fingerprint density at radius 1 is 1.06 bits per heavy atom. The van der Waals surface area contributed by atoms with Crippen molar-refractivity contribution in [1.29, 1.82) is 0 Å². The van der Waals surface area contributed by atoms with Crippen LogP contribution in [0.1, 0.15) is 21.6 Å². The van der Waals surface area contributed by atoms with Gasteiger partial charge in [-0.05, 0) is 18.6 Å². The summed E-state index contributed by atoms with van der Waals surface area (Å²) in [5.74, 6) is 0.326. The van der Waals surface area contributed by atoms with Crippen LogP contribution in [0.4, 0.5) is 0 Å². The van der Waals surface area contributed by atoms with Crippen molar-refractivity contribution in [3.63, 3.8) is 0 Å². The number of hydrogen-bond donors (Lipinski definition) is 1. The number of benzene rings is 2. The zero-order valence-corrected chi connectivity index (χ0v) is 21.6. The van der Waals surface area contributed by atoms with Gasteiger partial charge < -0.3 is 24.3 Å². The molecule has 1 aromatic heterocycles. The van der Waals surface area contributed by atoms with Gasteiger partial charge in [-0.3, -0.25) is 14.5 Å². The monoisotopic (exact) mass is 492 g/mol. The normalized spacial score (nSPS) is 15.0. The van der Waals surface area contributed by atoms with Crippen LogP contribution in [0.15, 0.2) is 48.5 Å². The first-order valence-electron chi connectivity index (χ1n) is 12.4. The number of amides is 2. The fourth-order valence-corrected chi connectivity index (χ4v) is 4.89. The van der Waals surface area contributed by atoms with Crippen LogP contribution in [0.25, 0.3) is 10.9 Å². The Kier molecular flexibility index (Phi) is 8.28. The van der Waals surface area contributed by atoms with Gasteiger partial charge in [0.05, 0.1) is 31.4 Å². The maximum atomic E-state index is 13.8. The Labute approximate surface area is 212 Å². The number of fused-ring (bicyclic) bond motifs is 1. The fourth-order valence-electron chi connectivity index (χ4n) is 4.89. The van der Waals surface area contributed by atoms with Gasteiger partial charge in [0.2, 0.25) is 5.91 Å². The molecule has 192 valence electrons. The molecule has 8 nitrogen and oxygen atoms in total. The second kappa shape index (κ2) is 11.6. The highest BCUT2D eigenvalue weighted by Gasteiger charge is 2.28. The summed E-state index contributed by atoms with van der Waals surface area (Å²) >= 11 is 0. The van der Waals surface area contributed by atoms with Crippen LogP contribution in [0.3, 0.4) is 0 Å². The third-order valence-corrected chi connectivity index (χ3v) is 6.82. The lowest BCUT2D eigenvalue weighted by Gasteiger charge is -2.27. The first kappa shape index (κ1) is 25.7. The van der Waals surface area contributed by atoms with Gasteiger partial charge >= 0.3 is 0 Å². The number of morpholine rings is 1. The van der Waals surface area contributed by atoms with Crippen LogP contribution in [-0.2, 0) is 22.5 Å². The van der Waals surface area contributed by atoms with Crippen LogP contribution in [-0.4, -0.2) is 86.3 Å². The second-order valence-corrected chi connectivity index (χ2v) is 9.37. The standard InChI is InChI=1S/C28H36N4O4/c1-20-25(27(33)29-23(28(34)30(2)3)19-21-9-6-5-7-10-21)22-11-8-12-24(35-4)26(22)32(20)14-13-31-15-17-36-18-16-31/h5-12,23H,13-19H2,1-4H3,(H,29,33)/t23-/m0/s1. The summed E-state index contributed by atoms with van der Waals surface area (Å²) in [6.07, 6.45) is 0.418. The molecule has 1 N–H and O–H groups in total. The number of likely N-dealkylation sites (N-methyl/N-ethyl adjacent to an activating group) is 1. The summed E-state index contributed by atoms with van der Waals surface area (Å²) in [6.45, 7) is 6.82. The van der Waals surface area contributed by atoms with Gasteiger partial charge in [-0.25, -0.2) is 0 Å². The van der Waals surface area contributed by atoms with Gasteiger partial charge in [0, 0.05) is 57.8 Å². The summed E-state index contributed by atoms with van der Waals surface area (Å²) < 4.78 is 13.3. The number of para-hydroxylation sites is 1. The van der Waals surface area contributed by atoms with E-state index < -0.39 is 6.04 Å². The first-order chi connectivity index (χ1) is 17.4. The quantitative estimate of drug-likeness (QED) is 0.497. The molecular weight excluding hydrogens is 456 g/mol. The lowest BCUT2D eigenvalue weighted by Crippen LogP contribution is -2.47. The van der Waals surface area contributed by atoms with Crippen LogP contribution >= 0.6 is 0 Å². The molecule has 0 bridgehead atoms. The lowest BCUT2D eigenvalue weighted by atomic mass is 10.0. The lowest BCUT2D eigenvalue weighted by molar-refractivity contribution is -0.130. The molecule has 1 aliphatic rings. The van der Waals surface area contributed by atoms with E-state index in [0.29, 0.717) is 12.0 Å². The van der Waals surface area contributed by atoms with Crippen LogP contribution < -0.4 is 10.1 Å². The highest BCUT2D eigenvalue weighted by atomic mass is 16.5. The average Bonchev–Trinajstić information content (AvgIpc) is 3.18. The van der Waals surface area contributed by atoms with Crippen molar-refractivity contribution in [2.75, 3.05) is 54.1 Å². The minimum Gasteiger partial charge on any atom is -0.495 e. The van der Waals surface area contributed by atoms with E-state index in [1.54, 1.807) is 21.2 Å². The number of methoxy groups -OCH3 is 1. The minimum absolute atomic E-state index is 0.140. The maximum Gasteiger partial charge on any atom is 0.254 e. The highest BCUT2D eigenvalue weighted by molar-refractivity contribution is 6.10. The number of rotatable bonds is 9. The average molecular weight is 493 g/mol. The molecule has 0 unspecified atom stereocenters. The van der Waals surface area contributed by atoms with Crippen molar-refractivity contribution < 1.29 is 19.1 Å². The van der Waals surface area contributed by atoms with Gasteiger partial charge in [0.15, 0.2) is 0 Å². The van der Waals surface area contributed by atoms with Crippen molar-refractivity contribution in [1.82, 2.24) is 19.7 Å². The third kappa shape index (κ3) is 5.55. The summed E-state index contributed by atoms with van der Waals surface area (Å²) in [7, 11) is 5.06. The third-order valence-electron chi connectivity index (χ3n) is 6.82. The van der Waals surface area contributed by atoms with Crippen LogP contribution in [0.5, 0.6) is 5.75 Å². The molecule has 4 rings (SSSR count). The van der Waals surface area contributed by atoms with Gasteiger partial charge in [-0.1, -0.05) is 42.5 Å². The zero-order chi connectivity index (χ0) is 25.7. The van der Waals surface area contributed by atoms with E-state index in [9.17, 15) is 9.59 Å². The van der Waals surface area contributed by atoms with Gasteiger partial charge in [-0.2, -0.15) is 0 Å². The molecule has 1 aliphatic heterocycles. The van der Waals surface area contributed by atoms with Crippen molar-refractivity contribution >= 4 is 22.7 Å². The molecule has 0 aliphatic carbocycles. The summed E-state index contributed by atoms with van der Waals surface area (Å²) in [4.78, 5) is 30.7. The van der Waals surface area contributed by atoms with E-state index in [1.807, 2.05) is 55.5 Å². The first-order valence-corrected chi connectivity index (χ1v) is 12.4. The van der Waals surface area contributed by atoms with Crippen LogP contribution in [0.2, 0.25) is 0 Å².